The van der Waals surface area contributed by atoms with E-state index < -0.39 is 0 Å². The van der Waals surface area contributed by atoms with Gasteiger partial charge in [-0.05, 0) is 77.5 Å². The van der Waals surface area contributed by atoms with E-state index in [-0.39, 0.29) is 5.91 Å². The fourth-order valence-corrected chi connectivity index (χ4v) is 3.62. The lowest BCUT2D eigenvalue weighted by molar-refractivity contribution is 0.0758. The zero-order valence-electron chi connectivity index (χ0n) is 15.7. The summed E-state index contributed by atoms with van der Waals surface area (Å²) in [6.45, 7) is 5.71. The van der Waals surface area contributed by atoms with Crippen LogP contribution in [0.2, 0.25) is 0 Å². The summed E-state index contributed by atoms with van der Waals surface area (Å²) in [5, 5.41) is 4.50. The zero-order valence-corrected chi connectivity index (χ0v) is 15.7. The van der Waals surface area contributed by atoms with Crippen LogP contribution in [0.4, 0.5) is 0 Å². The van der Waals surface area contributed by atoms with E-state index >= 15 is 0 Å². The molecular formula is C20H28N4O. The fraction of sp³-hybridized carbons (Fsp3) is 0.500. The molecule has 0 N–H and O–H groups in total. The van der Waals surface area contributed by atoms with Crippen molar-refractivity contribution in [3.63, 3.8) is 0 Å². The fourth-order valence-electron chi connectivity index (χ4n) is 3.62. The molecule has 1 saturated heterocycles. The van der Waals surface area contributed by atoms with Crippen LogP contribution in [0.25, 0.3) is 5.69 Å². The van der Waals surface area contributed by atoms with Crippen LogP contribution in [0, 0.1) is 13.8 Å². The summed E-state index contributed by atoms with van der Waals surface area (Å²) in [5.41, 5.74) is 3.84. The van der Waals surface area contributed by atoms with E-state index in [9.17, 15) is 4.79 Å². The molecule has 1 fully saturated rings. The number of aryl methyl sites for hydroxylation is 2. The van der Waals surface area contributed by atoms with Crippen LogP contribution in [0.3, 0.4) is 0 Å². The molecule has 2 heterocycles. The number of rotatable bonds is 3. The van der Waals surface area contributed by atoms with Crippen molar-refractivity contribution in [1.29, 1.82) is 0 Å². The summed E-state index contributed by atoms with van der Waals surface area (Å²) in [7, 11) is 4.25. The lowest BCUT2D eigenvalue weighted by Crippen LogP contribution is -2.33. The molecule has 0 bridgehead atoms. The minimum absolute atomic E-state index is 0.138. The van der Waals surface area contributed by atoms with Gasteiger partial charge >= 0.3 is 0 Å². The monoisotopic (exact) mass is 340 g/mol. The Morgan fingerprint density at radius 2 is 1.84 bits per heavy atom. The van der Waals surface area contributed by atoms with Crippen molar-refractivity contribution < 1.29 is 4.79 Å². The molecule has 3 rings (SSSR count). The standard InChI is InChI=1S/C20H28N4O/c1-15-14-16(2)24(21-15)19-9-7-17(8-10-19)20(25)23-12-5-6-18(11-13-23)22(3)4/h7-10,14,18H,5-6,11-13H2,1-4H3/t18-/m1/s1. The second kappa shape index (κ2) is 7.40. The Labute approximate surface area is 150 Å². The maximum atomic E-state index is 12.8. The van der Waals surface area contributed by atoms with Gasteiger partial charge in [-0.15, -0.1) is 0 Å². The molecule has 1 aromatic carbocycles. The lowest BCUT2D eigenvalue weighted by Gasteiger charge is -2.23. The van der Waals surface area contributed by atoms with Gasteiger partial charge in [0.25, 0.3) is 5.91 Å². The second-order valence-corrected chi connectivity index (χ2v) is 7.23. The molecule has 1 amide bonds. The van der Waals surface area contributed by atoms with Crippen LogP contribution in [0.1, 0.15) is 41.0 Å². The first-order chi connectivity index (χ1) is 12.0. The molecular weight excluding hydrogens is 312 g/mol. The van der Waals surface area contributed by atoms with Crippen LogP contribution in [0.5, 0.6) is 0 Å². The lowest BCUT2D eigenvalue weighted by atomic mass is 10.1. The number of hydrogen-bond acceptors (Lipinski definition) is 3. The molecule has 0 spiro atoms. The van der Waals surface area contributed by atoms with Gasteiger partial charge in [-0.1, -0.05) is 0 Å². The van der Waals surface area contributed by atoms with Crippen molar-refractivity contribution in [2.75, 3.05) is 27.2 Å². The molecule has 1 atom stereocenters. The molecule has 1 aliphatic heterocycles. The number of aromatic nitrogens is 2. The largest absolute Gasteiger partial charge is 0.339 e. The molecule has 25 heavy (non-hydrogen) atoms. The summed E-state index contributed by atoms with van der Waals surface area (Å²) in [6.07, 6.45) is 3.27. The highest BCUT2D eigenvalue weighted by molar-refractivity contribution is 5.94. The predicted octanol–water partition coefficient (Wildman–Crippen LogP) is 3.05. The van der Waals surface area contributed by atoms with Gasteiger partial charge in [-0.25, -0.2) is 4.68 Å². The van der Waals surface area contributed by atoms with Crippen LogP contribution < -0.4 is 0 Å². The predicted molar refractivity (Wildman–Crippen MR) is 100 cm³/mol. The van der Waals surface area contributed by atoms with E-state index in [1.807, 2.05) is 47.7 Å². The Morgan fingerprint density at radius 3 is 2.44 bits per heavy atom. The van der Waals surface area contributed by atoms with Crippen LogP contribution in [-0.4, -0.2) is 58.7 Å². The minimum atomic E-state index is 0.138. The third-order valence-corrected chi connectivity index (χ3v) is 5.08. The SMILES string of the molecule is Cc1cc(C)n(-c2ccc(C(=O)N3CCC[C@@H](N(C)C)CC3)cc2)n1. The molecule has 0 unspecified atom stereocenters. The molecule has 1 aromatic heterocycles. The van der Waals surface area contributed by atoms with Gasteiger partial charge < -0.3 is 9.80 Å². The van der Waals surface area contributed by atoms with Crippen molar-refractivity contribution in [3.8, 4) is 5.69 Å². The quantitative estimate of drug-likeness (QED) is 0.862. The van der Waals surface area contributed by atoms with Crippen molar-refractivity contribution in [3.05, 3.63) is 47.3 Å². The van der Waals surface area contributed by atoms with Gasteiger partial charge in [-0.2, -0.15) is 5.10 Å². The highest BCUT2D eigenvalue weighted by Crippen LogP contribution is 2.18. The van der Waals surface area contributed by atoms with Gasteiger partial charge in [-0.3, -0.25) is 4.79 Å². The summed E-state index contributed by atoms with van der Waals surface area (Å²) >= 11 is 0. The first-order valence-electron chi connectivity index (χ1n) is 9.05. The number of likely N-dealkylation sites (tertiary alicyclic amines) is 1. The summed E-state index contributed by atoms with van der Waals surface area (Å²) < 4.78 is 1.91. The van der Waals surface area contributed by atoms with Crippen molar-refractivity contribution in [2.45, 2.75) is 39.2 Å². The number of hydrogen-bond donors (Lipinski definition) is 0. The van der Waals surface area contributed by atoms with Crippen LogP contribution >= 0.6 is 0 Å². The van der Waals surface area contributed by atoms with Gasteiger partial charge in [0.1, 0.15) is 0 Å². The van der Waals surface area contributed by atoms with Crippen molar-refractivity contribution in [2.24, 2.45) is 0 Å². The molecule has 0 aliphatic carbocycles. The number of carbonyl (C=O) groups excluding carboxylic acids is 1. The molecule has 0 radical (unpaired) electrons. The maximum Gasteiger partial charge on any atom is 0.253 e. The molecule has 0 saturated carbocycles. The van der Waals surface area contributed by atoms with Gasteiger partial charge in [0.2, 0.25) is 0 Å². The van der Waals surface area contributed by atoms with E-state index in [1.54, 1.807) is 0 Å². The molecule has 134 valence electrons. The van der Waals surface area contributed by atoms with E-state index in [0.29, 0.717) is 6.04 Å². The number of amides is 1. The first-order valence-corrected chi connectivity index (χ1v) is 9.05. The Bertz CT molecular complexity index is 733. The Kier molecular flexibility index (Phi) is 5.23. The van der Waals surface area contributed by atoms with Crippen LogP contribution in [-0.2, 0) is 0 Å². The summed E-state index contributed by atoms with van der Waals surface area (Å²) in [6, 6.07) is 10.4. The topological polar surface area (TPSA) is 41.4 Å². The van der Waals surface area contributed by atoms with E-state index in [0.717, 1.165) is 55.0 Å². The number of carbonyl (C=O) groups is 1. The van der Waals surface area contributed by atoms with Crippen molar-refractivity contribution in [1.82, 2.24) is 19.6 Å². The highest BCUT2D eigenvalue weighted by atomic mass is 16.2. The average Bonchev–Trinajstić information content (AvgIpc) is 2.79. The number of benzene rings is 1. The Balaban J connectivity index is 1.71. The normalized spacial score (nSPS) is 18.4. The smallest absolute Gasteiger partial charge is 0.253 e. The second-order valence-electron chi connectivity index (χ2n) is 7.23. The van der Waals surface area contributed by atoms with E-state index in [4.69, 9.17) is 0 Å². The maximum absolute atomic E-state index is 12.8. The Hall–Kier alpha value is -2.14. The van der Waals surface area contributed by atoms with Gasteiger partial charge in [0.05, 0.1) is 11.4 Å². The first kappa shape index (κ1) is 17.7. The molecule has 5 nitrogen and oxygen atoms in total. The number of nitrogens with zero attached hydrogens (tertiary/aromatic N) is 4. The Morgan fingerprint density at radius 1 is 1.12 bits per heavy atom. The molecule has 2 aromatic rings. The van der Waals surface area contributed by atoms with E-state index in [1.165, 1.54) is 0 Å². The van der Waals surface area contributed by atoms with Crippen LogP contribution in [0.15, 0.2) is 30.3 Å². The molecule has 5 heteroatoms. The minimum Gasteiger partial charge on any atom is -0.339 e. The van der Waals surface area contributed by atoms with Gasteiger partial charge in [0, 0.05) is 30.4 Å². The molecule has 1 aliphatic rings. The summed E-state index contributed by atoms with van der Waals surface area (Å²) in [5.74, 6) is 0.138. The van der Waals surface area contributed by atoms with E-state index in [2.05, 4.69) is 30.2 Å². The third-order valence-electron chi connectivity index (χ3n) is 5.08. The summed E-state index contributed by atoms with van der Waals surface area (Å²) in [4.78, 5) is 17.1. The highest BCUT2D eigenvalue weighted by Gasteiger charge is 2.22. The average molecular weight is 340 g/mol. The van der Waals surface area contributed by atoms with Crippen molar-refractivity contribution >= 4 is 5.91 Å². The van der Waals surface area contributed by atoms with Gasteiger partial charge in [0.15, 0.2) is 0 Å². The third kappa shape index (κ3) is 3.93. The zero-order chi connectivity index (χ0) is 18.0.